The van der Waals surface area contributed by atoms with Crippen LogP contribution in [-0.4, -0.2) is 16.2 Å². The highest BCUT2D eigenvalue weighted by Gasteiger charge is 2.44. The van der Waals surface area contributed by atoms with Crippen LogP contribution in [0.4, 0.5) is 0 Å². The van der Waals surface area contributed by atoms with Crippen LogP contribution in [0.1, 0.15) is 31.5 Å². The molecule has 1 heterocycles. The zero-order valence-electron chi connectivity index (χ0n) is 8.52. The fourth-order valence-electron chi connectivity index (χ4n) is 1.60. The quantitative estimate of drug-likeness (QED) is 0.740. The minimum Gasteiger partial charge on any atom is -0.309 e. The molecule has 1 aliphatic carbocycles. The second-order valence-corrected chi connectivity index (χ2v) is 4.65. The average molecular weight is 179 g/mol. The smallest absolute Gasteiger partial charge is 0.0535 e. The van der Waals surface area contributed by atoms with E-state index < -0.39 is 0 Å². The highest BCUT2D eigenvalue weighted by Crippen LogP contribution is 2.44. The molecule has 1 aliphatic rings. The first-order valence-corrected chi connectivity index (χ1v) is 4.82. The Balaban J connectivity index is 1.85. The Hall–Kier alpha value is -0.830. The third-order valence-corrected chi connectivity index (χ3v) is 2.99. The summed E-state index contributed by atoms with van der Waals surface area (Å²) in [5.74, 6) is 0. The third-order valence-electron chi connectivity index (χ3n) is 2.99. The lowest BCUT2D eigenvalue weighted by molar-refractivity contribution is 0.541. The molecule has 0 spiro atoms. The van der Waals surface area contributed by atoms with E-state index in [0.717, 1.165) is 6.54 Å². The van der Waals surface area contributed by atoms with Crippen LogP contribution < -0.4 is 5.32 Å². The summed E-state index contributed by atoms with van der Waals surface area (Å²) in [6.07, 6.45) is 3.20. The highest BCUT2D eigenvalue weighted by molar-refractivity contribution is 5.15. The lowest BCUT2D eigenvalue weighted by Crippen LogP contribution is -2.20. The van der Waals surface area contributed by atoms with Gasteiger partial charge in [-0.2, -0.15) is 5.10 Å². The summed E-state index contributed by atoms with van der Waals surface area (Å²) in [7, 11) is 0. The van der Waals surface area contributed by atoms with E-state index in [9.17, 15) is 0 Å². The molecule has 1 unspecified atom stereocenters. The highest BCUT2D eigenvalue weighted by atomic mass is 15.1. The monoisotopic (exact) mass is 179 g/mol. The Morgan fingerprint density at radius 1 is 1.69 bits per heavy atom. The summed E-state index contributed by atoms with van der Waals surface area (Å²) < 4.78 is 0. The van der Waals surface area contributed by atoms with Gasteiger partial charge in [0.15, 0.2) is 0 Å². The lowest BCUT2D eigenvalue weighted by Gasteiger charge is -2.05. The van der Waals surface area contributed by atoms with Crippen LogP contribution in [-0.2, 0) is 6.54 Å². The van der Waals surface area contributed by atoms with E-state index in [1.165, 1.54) is 17.7 Å². The van der Waals surface area contributed by atoms with Gasteiger partial charge in [-0.05, 0) is 18.8 Å². The average Bonchev–Trinajstić information content (AvgIpc) is 2.47. The normalized spacial score (nSPS) is 24.7. The summed E-state index contributed by atoms with van der Waals surface area (Å²) in [6.45, 7) is 7.60. The second-order valence-electron chi connectivity index (χ2n) is 4.65. The molecule has 0 bridgehead atoms. The number of rotatable bonds is 3. The predicted molar refractivity (Wildman–Crippen MR) is 52.4 cm³/mol. The molecule has 0 amide bonds. The van der Waals surface area contributed by atoms with Crippen molar-refractivity contribution in [3.8, 4) is 0 Å². The lowest BCUT2D eigenvalue weighted by atomic mass is 10.2. The van der Waals surface area contributed by atoms with Gasteiger partial charge in [0.25, 0.3) is 0 Å². The molecule has 1 fully saturated rings. The first-order chi connectivity index (χ1) is 6.09. The topological polar surface area (TPSA) is 40.7 Å². The molecule has 1 atom stereocenters. The minimum atomic E-state index is 0.512. The molecule has 1 saturated carbocycles. The van der Waals surface area contributed by atoms with E-state index in [1.54, 1.807) is 0 Å². The van der Waals surface area contributed by atoms with Gasteiger partial charge in [0, 0.05) is 23.8 Å². The third kappa shape index (κ3) is 1.75. The molecule has 1 aromatic heterocycles. The number of aryl methyl sites for hydroxylation is 1. The van der Waals surface area contributed by atoms with Gasteiger partial charge in [0.2, 0.25) is 0 Å². The second kappa shape index (κ2) is 2.84. The Bertz CT molecular complexity index is 301. The molecule has 72 valence electrons. The van der Waals surface area contributed by atoms with Crippen LogP contribution in [0.5, 0.6) is 0 Å². The Morgan fingerprint density at radius 2 is 2.38 bits per heavy atom. The predicted octanol–water partition coefficient (Wildman–Crippen LogP) is 1.61. The molecular formula is C10H17N3. The number of nitrogens with one attached hydrogen (secondary N) is 2. The first-order valence-electron chi connectivity index (χ1n) is 4.82. The minimum absolute atomic E-state index is 0.512. The van der Waals surface area contributed by atoms with E-state index in [0.29, 0.717) is 11.5 Å². The van der Waals surface area contributed by atoms with Gasteiger partial charge < -0.3 is 5.32 Å². The van der Waals surface area contributed by atoms with Gasteiger partial charge >= 0.3 is 0 Å². The number of H-pyrrole nitrogens is 1. The number of hydrogen-bond acceptors (Lipinski definition) is 2. The Kier molecular flexibility index (Phi) is 1.91. The number of nitrogens with zero attached hydrogens (tertiary/aromatic N) is 1. The molecule has 2 rings (SSSR count). The standard InChI is InChI=1S/C10H17N3/c1-7-8(6-12-13-7)5-11-9-4-10(9,2)3/h6,9,11H,4-5H2,1-3H3,(H,12,13). The molecule has 2 N–H and O–H groups in total. The number of aromatic amines is 1. The van der Waals surface area contributed by atoms with Gasteiger partial charge in [-0.15, -0.1) is 0 Å². The summed E-state index contributed by atoms with van der Waals surface area (Å²) in [6, 6.07) is 0.696. The van der Waals surface area contributed by atoms with Crippen LogP contribution >= 0.6 is 0 Å². The van der Waals surface area contributed by atoms with Crippen LogP contribution in [0, 0.1) is 12.3 Å². The van der Waals surface area contributed by atoms with E-state index in [4.69, 9.17) is 0 Å². The van der Waals surface area contributed by atoms with Crippen molar-refractivity contribution in [1.82, 2.24) is 15.5 Å². The Morgan fingerprint density at radius 3 is 2.85 bits per heavy atom. The summed E-state index contributed by atoms with van der Waals surface area (Å²) in [5, 5.41) is 10.5. The van der Waals surface area contributed by atoms with E-state index in [-0.39, 0.29) is 0 Å². The summed E-state index contributed by atoms with van der Waals surface area (Å²) in [4.78, 5) is 0. The SMILES string of the molecule is Cc1[nH]ncc1CNC1CC1(C)C. The largest absolute Gasteiger partial charge is 0.309 e. The van der Waals surface area contributed by atoms with E-state index in [2.05, 4.69) is 36.3 Å². The van der Waals surface area contributed by atoms with Crippen molar-refractivity contribution >= 4 is 0 Å². The van der Waals surface area contributed by atoms with Crippen LogP contribution in [0.15, 0.2) is 6.20 Å². The zero-order valence-corrected chi connectivity index (χ0v) is 8.52. The molecule has 1 aromatic rings. The van der Waals surface area contributed by atoms with Crippen LogP contribution in [0.3, 0.4) is 0 Å². The van der Waals surface area contributed by atoms with Gasteiger partial charge in [-0.25, -0.2) is 0 Å². The molecule has 3 heteroatoms. The summed E-state index contributed by atoms with van der Waals surface area (Å²) in [5.41, 5.74) is 2.96. The van der Waals surface area contributed by atoms with Crippen molar-refractivity contribution in [2.75, 3.05) is 0 Å². The van der Waals surface area contributed by atoms with Crippen molar-refractivity contribution in [2.45, 2.75) is 39.8 Å². The maximum Gasteiger partial charge on any atom is 0.0535 e. The summed E-state index contributed by atoms with van der Waals surface area (Å²) >= 11 is 0. The van der Waals surface area contributed by atoms with Crippen molar-refractivity contribution < 1.29 is 0 Å². The van der Waals surface area contributed by atoms with Gasteiger partial charge in [-0.3, -0.25) is 5.10 Å². The fourth-order valence-corrected chi connectivity index (χ4v) is 1.60. The molecule has 3 nitrogen and oxygen atoms in total. The maximum absolute atomic E-state index is 3.99. The number of aromatic nitrogens is 2. The molecule has 13 heavy (non-hydrogen) atoms. The van der Waals surface area contributed by atoms with Crippen LogP contribution in [0.25, 0.3) is 0 Å². The van der Waals surface area contributed by atoms with Crippen molar-refractivity contribution in [1.29, 1.82) is 0 Å². The van der Waals surface area contributed by atoms with Crippen molar-refractivity contribution in [3.05, 3.63) is 17.5 Å². The number of hydrogen-bond donors (Lipinski definition) is 2. The van der Waals surface area contributed by atoms with Crippen molar-refractivity contribution in [2.24, 2.45) is 5.41 Å². The molecule has 0 saturated heterocycles. The Labute approximate surface area is 78.9 Å². The first kappa shape index (κ1) is 8.75. The van der Waals surface area contributed by atoms with E-state index >= 15 is 0 Å². The zero-order chi connectivity index (χ0) is 9.47. The van der Waals surface area contributed by atoms with Gasteiger partial charge in [-0.1, -0.05) is 13.8 Å². The van der Waals surface area contributed by atoms with Crippen LogP contribution in [0.2, 0.25) is 0 Å². The molecule has 0 aromatic carbocycles. The van der Waals surface area contributed by atoms with E-state index in [1.807, 2.05) is 6.20 Å². The fraction of sp³-hybridized carbons (Fsp3) is 0.700. The maximum atomic E-state index is 3.99. The van der Waals surface area contributed by atoms with Gasteiger partial charge in [0.05, 0.1) is 6.20 Å². The van der Waals surface area contributed by atoms with Gasteiger partial charge in [0.1, 0.15) is 0 Å². The molecule has 0 aliphatic heterocycles. The molecular weight excluding hydrogens is 162 g/mol. The van der Waals surface area contributed by atoms with Crippen molar-refractivity contribution in [3.63, 3.8) is 0 Å². The molecule has 0 radical (unpaired) electrons.